The highest BCUT2D eigenvalue weighted by Gasteiger charge is 2.29. The Labute approximate surface area is 190 Å². The lowest BCUT2D eigenvalue weighted by atomic mass is 9.89. The molecule has 33 heavy (non-hydrogen) atoms. The van der Waals surface area contributed by atoms with Crippen molar-refractivity contribution >= 4 is 0 Å². The zero-order valence-corrected chi connectivity index (χ0v) is 18.7. The van der Waals surface area contributed by atoms with Crippen LogP contribution in [0.4, 0.5) is 8.78 Å². The molecule has 0 saturated heterocycles. The molecule has 0 unspecified atom stereocenters. The molecule has 1 atom stereocenters. The molecule has 4 aromatic rings. The quantitative estimate of drug-likeness (QED) is 0.433. The number of nitrogens with zero attached hydrogens (tertiary/aromatic N) is 6. The molecule has 170 valence electrons. The van der Waals surface area contributed by atoms with Crippen molar-refractivity contribution in [1.29, 1.82) is 0 Å². The van der Waals surface area contributed by atoms with Crippen LogP contribution in [-0.2, 0) is 12.5 Å². The van der Waals surface area contributed by atoms with Gasteiger partial charge in [0.1, 0.15) is 17.2 Å². The van der Waals surface area contributed by atoms with E-state index in [0.717, 1.165) is 49.1 Å². The smallest absolute Gasteiger partial charge is 0.270 e. The van der Waals surface area contributed by atoms with Crippen LogP contribution >= 0.6 is 0 Å². The van der Waals surface area contributed by atoms with E-state index in [1.54, 1.807) is 25.6 Å². The first-order valence-electron chi connectivity index (χ1n) is 10.8. The average molecular weight is 450 g/mol. The Morgan fingerprint density at radius 2 is 2.00 bits per heavy atom. The summed E-state index contributed by atoms with van der Waals surface area (Å²) in [5.74, 6) is -1.30. The molecule has 0 radical (unpaired) electrons. The SMILES string of the molecule is COc1nc(-c2nc3n(n2)CCC[C@H]3c2cccc(C(C)(F)F)c2)ccc1-n1cnc(C)c1. The van der Waals surface area contributed by atoms with Gasteiger partial charge in [0, 0.05) is 31.1 Å². The fourth-order valence-corrected chi connectivity index (χ4v) is 4.26. The van der Waals surface area contributed by atoms with Crippen LogP contribution in [0.15, 0.2) is 48.9 Å². The summed E-state index contributed by atoms with van der Waals surface area (Å²) in [7, 11) is 1.57. The predicted molar refractivity (Wildman–Crippen MR) is 119 cm³/mol. The van der Waals surface area contributed by atoms with Crippen LogP contribution in [-0.4, -0.2) is 36.4 Å². The number of methoxy groups -OCH3 is 1. The summed E-state index contributed by atoms with van der Waals surface area (Å²) in [5.41, 5.74) is 3.07. The van der Waals surface area contributed by atoms with Gasteiger partial charge in [-0.05, 0) is 43.5 Å². The first kappa shape index (κ1) is 21.2. The Morgan fingerprint density at radius 1 is 1.15 bits per heavy atom. The summed E-state index contributed by atoms with van der Waals surface area (Å²) in [6.07, 6.45) is 5.32. The Morgan fingerprint density at radius 3 is 2.73 bits per heavy atom. The number of aromatic nitrogens is 6. The van der Waals surface area contributed by atoms with Crippen LogP contribution in [0.3, 0.4) is 0 Å². The second kappa shape index (κ2) is 8.06. The van der Waals surface area contributed by atoms with Gasteiger partial charge in [0.25, 0.3) is 5.92 Å². The summed E-state index contributed by atoms with van der Waals surface area (Å²) in [6.45, 7) is 3.56. The molecule has 0 saturated carbocycles. The molecule has 7 nitrogen and oxygen atoms in total. The van der Waals surface area contributed by atoms with Gasteiger partial charge in [-0.15, -0.1) is 5.10 Å². The van der Waals surface area contributed by atoms with Crippen molar-refractivity contribution < 1.29 is 13.5 Å². The number of imidazole rings is 1. The molecule has 0 aliphatic carbocycles. The Hall–Kier alpha value is -3.62. The molecule has 4 heterocycles. The van der Waals surface area contributed by atoms with Crippen LogP contribution in [0.1, 0.15) is 48.3 Å². The lowest BCUT2D eigenvalue weighted by Gasteiger charge is -2.23. The van der Waals surface area contributed by atoms with Crippen molar-refractivity contribution in [2.45, 2.75) is 45.1 Å². The first-order chi connectivity index (χ1) is 15.8. The van der Waals surface area contributed by atoms with Crippen LogP contribution in [0.25, 0.3) is 17.2 Å². The van der Waals surface area contributed by atoms with E-state index in [2.05, 4.69) is 15.1 Å². The zero-order valence-electron chi connectivity index (χ0n) is 18.7. The summed E-state index contributed by atoms with van der Waals surface area (Å²) in [4.78, 5) is 13.7. The molecule has 0 bridgehead atoms. The van der Waals surface area contributed by atoms with Crippen molar-refractivity contribution in [3.05, 3.63) is 71.6 Å². The van der Waals surface area contributed by atoms with Crippen molar-refractivity contribution in [3.63, 3.8) is 0 Å². The minimum Gasteiger partial charge on any atom is -0.479 e. The van der Waals surface area contributed by atoms with Crippen LogP contribution in [0, 0.1) is 6.92 Å². The molecular weight excluding hydrogens is 426 g/mol. The highest BCUT2D eigenvalue weighted by molar-refractivity contribution is 5.55. The van der Waals surface area contributed by atoms with Crippen LogP contribution in [0.2, 0.25) is 0 Å². The van der Waals surface area contributed by atoms with Gasteiger partial charge in [-0.25, -0.2) is 28.4 Å². The molecule has 5 rings (SSSR count). The maximum Gasteiger partial charge on any atom is 0.270 e. The van der Waals surface area contributed by atoms with E-state index < -0.39 is 5.92 Å². The van der Waals surface area contributed by atoms with Crippen molar-refractivity contribution in [2.24, 2.45) is 0 Å². The van der Waals surface area contributed by atoms with Gasteiger partial charge in [-0.2, -0.15) is 0 Å². The number of pyridine rings is 1. The summed E-state index contributed by atoms with van der Waals surface area (Å²) in [5, 5.41) is 4.67. The van der Waals surface area contributed by atoms with Crippen LogP contribution < -0.4 is 4.74 Å². The van der Waals surface area contributed by atoms with E-state index in [1.165, 1.54) is 6.07 Å². The largest absolute Gasteiger partial charge is 0.479 e. The Balaban J connectivity index is 1.51. The number of halogens is 2. The van der Waals surface area contributed by atoms with E-state index in [1.807, 2.05) is 40.6 Å². The highest BCUT2D eigenvalue weighted by atomic mass is 19.3. The van der Waals surface area contributed by atoms with E-state index in [4.69, 9.17) is 9.72 Å². The number of benzene rings is 1. The topological polar surface area (TPSA) is 70.7 Å². The molecule has 0 fully saturated rings. The van der Waals surface area contributed by atoms with E-state index in [-0.39, 0.29) is 11.5 Å². The lowest BCUT2D eigenvalue weighted by molar-refractivity contribution is 0.0173. The molecule has 0 amide bonds. The van der Waals surface area contributed by atoms with Gasteiger partial charge in [-0.1, -0.05) is 18.2 Å². The second-order valence-corrected chi connectivity index (χ2v) is 8.37. The zero-order chi connectivity index (χ0) is 23.2. The average Bonchev–Trinajstić information content (AvgIpc) is 3.44. The number of hydrogen-bond acceptors (Lipinski definition) is 5. The first-order valence-corrected chi connectivity index (χ1v) is 10.8. The molecule has 0 spiro atoms. The normalized spacial score (nSPS) is 16.0. The molecule has 0 N–H and O–H groups in total. The van der Waals surface area contributed by atoms with Crippen LogP contribution in [0.5, 0.6) is 5.88 Å². The maximum absolute atomic E-state index is 13.9. The third-order valence-electron chi connectivity index (χ3n) is 5.92. The van der Waals surface area contributed by atoms with Gasteiger partial charge < -0.3 is 9.30 Å². The molecule has 1 aliphatic heterocycles. The number of rotatable bonds is 5. The lowest BCUT2D eigenvalue weighted by Crippen LogP contribution is -2.18. The third kappa shape index (κ3) is 3.99. The molecule has 1 aliphatic rings. The van der Waals surface area contributed by atoms with E-state index >= 15 is 0 Å². The minimum absolute atomic E-state index is 0.00796. The molecular formula is C24H24F2N6O. The fraction of sp³-hybridized carbons (Fsp3) is 0.333. The second-order valence-electron chi connectivity index (χ2n) is 8.37. The number of ether oxygens (including phenoxy) is 1. The summed E-state index contributed by atoms with van der Waals surface area (Å²) < 4.78 is 37.0. The minimum atomic E-state index is -2.89. The predicted octanol–water partition coefficient (Wildman–Crippen LogP) is 4.88. The Bertz CT molecular complexity index is 1310. The van der Waals surface area contributed by atoms with Crippen molar-refractivity contribution in [3.8, 4) is 23.1 Å². The summed E-state index contributed by atoms with van der Waals surface area (Å²) >= 11 is 0. The van der Waals surface area contributed by atoms with Crippen molar-refractivity contribution in [1.82, 2.24) is 29.3 Å². The number of aryl methyl sites for hydroxylation is 2. The standard InChI is InChI=1S/C24H24F2N6O/c1-15-13-31(14-27-15)20-10-9-19(28-23(20)33-3)21-29-22-18(8-5-11-32(22)30-21)16-6-4-7-17(12-16)24(2,25)26/h4,6-7,9-10,12-14,18H,5,8,11H2,1-3H3/t18-/m0/s1. The van der Waals surface area contributed by atoms with Gasteiger partial charge in [-0.3, -0.25) is 0 Å². The van der Waals surface area contributed by atoms with E-state index in [0.29, 0.717) is 17.4 Å². The Kier molecular flexibility index (Phi) is 5.19. The van der Waals surface area contributed by atoms with Gasteiger partial charge >= 0.3 is 0 Å². The molecule has 3 aromatic heterocycles. The fourth-order valence-electron chi connectivity index (χ4n) is 4.26. The summed E-state index contributed by atoms with van der Waals surface area (Å²) in [6, 6.07) is 10.3. The number of alkyl halides is 2. The third-order valence-corrected chi connectivity index (χ3v) is 5.92. The number of fused-ring (bicyclic) bond motifs is 1. The van der Waals surface area contributed by atoms with Gasteiger partial charge in [0.05, 0.1) is 19.1 Å². The van der Waals surface area contributed by atoms with Crippen molar-refractivity contribution in [2.75, 3.05) is 7.11 Å². The molecule has 9 heteroatoms. The highest BCUT2D eigenvalue weighted by Crippen LogP contribution is 2.36. The maximum atomic E-state index is 13.9. The molecule has 1 aromatic carbocycles. The van der Waals surface area contributed by atoms with Gasteiger partial charge in [0.2, 0.25) is 5.88 Å². The van der Waals surface area contributed by atoms with Gasteiger partial charge in [0.15, 0.2) is 5.82 Å². The monoisotopic (exact) mass is 450 g/mol. The number of hydrogen-bond donors (Lipinski definition) is 0. The van der Waals surface area contributed by atoms with E-state index in [9.17, 15) is 8.78 Å².